The maximum Gasteiger partial charge on any atom is 0.260 e. The molecule has 0 saturated carbocycles. The first-order valence-electron chi connectivity index (χ1n) is 4.22. The molecule has 1 aromatic carbocycles. The van der Waals surface area contributed by atoms with E-state index in [4.69, 9.17) is 0 Å². The third-order valence-corrected chi connectivity index (χ3v) is 1.84. The minimum Gasteiger partial charge on any atom is -0.209 e. The molecule has 0 fully saturated rings. The molecule has 0 saturated heterocycles. The highest BCUT2D eigenvalue weighted by Crippen LogP contribution is 2.21. The normalized spacial score (nSPS) is 8.67. The lowest BCUT2D eigenvalue weighted by Gasteiger charge is -2.11. The van der Waals surface area contributed by atoms with E-state index in [9.17, 15) is 9.59 Å². The van der Waals surface area contributed by atoms with Crippen molar-refractivity contribution in [1.29, 1.82) is 0 Å². The SMILES string of the molecule is Cc1ccc(N(N=C=O)N=C=O)c(C)c1. The molecule has 0 atom stereocenters. The Balaban J connectivity index is 3.22. The second kappa shape index (κ2) is 4.86. The Kier molecular flexibility index (Phi) is 3.52. The van der Waals surface area contributed by atoms with Crippen molar-refractivity contribution in [1.82, 2.24) is 0 Å². The van der Waals surface area contributed by atoms with E-state index < -0.39 is 0 Å². The minimum absolute atomic E-state index is 0.548. The molecule has 1 aromatic rings. The monoisotopic (exact) mass is 203 g/mol. The number of hydrogen-bond acceptors (Lipinski definition) is 5. The van der Waals surface area contributed by atoms with Crippen LogP contribution in [0.4, 0.5) is 5.69 Å². The van der Waals surface area contributed by atoms with Crippen LogP contribution in [0.2, 0.25) is 0 Å². The summed E-state index contributed by atoms with van der Waals surface area (Å²) in [5, 5.41) is 7.44. The van der Waals surface area contributed by atoms with Gasteiger partial charge >= 0.3 is 0 Å². The summed E-state index contributed by atoms with van der Waals surface area (Å²) in [4.78, 5) is 20.2. The number of hydrazone groups is 2. The second-order valence-corrected chi connectivity index (χ2v) is 2.96. The lowest BCUT2D eigenvalue weighted by molar-refractivity contribution is 0.558. The number of rotatable bonds is 3. The molecule has 0 aliphatic carbocycles. The predicted molar refractivity (Wildman–Crippen MR) is 54.6 cm³/mol. The molecule has 5 heteroatoms. The first kappa shape index (κ1) is 10.9. The van der Waals surface area contributed by atoms with Crippen LogP contribution in [0, 0.1) is 13.8 Å². The average Bonchev–Trinajstić information content (AvgIpc) is 2.17. The van der Waals surface area contributed by atoms with E-state index in [0.717, 1.165) is 16.2 Å². The van der Waals surface area contributed by atoms with Crippen molar-refractivity contribution in [3.63, 3.8) is 0 Å². The molecule has 0 amide bonds. The fourth-order valence-corrected chi connectivity index (χ4v) is 1.24. The Hall–Kier alpha value is -2.22. The van der Waals surface area contributed by atoms with Gasteiger partial charge < -0.3 is 0 Å². The van der Waals surface area contributed by atoms with Gasteiger partial charge in [-0.25, -0.2) is 9.59 Å². The van der Waals surface area contributed by atoms with Gasteiger partial charge in [0.2, 0.25) is 0 Å². The summed E-state index contributed by atoms with van der Waals surface area (Å²) >= 11 is 0. The van der Waals surface area contributed by atoms with Crippen molar-refractivity contribution < 1.29 is 9.59 Å². The molecule has 0 radical (unpaired) electrons. The van der Waals surface area contributed by atoms with E-state index in [1.807, 2.05) is 26.0 Å². The van der Waals surface area contributed by atoms with Gasteiger partial charge in [-0.2, -0.15) is 0 Å². The second-order valence-electron chi connectivity index (χ2n) is 2.96. The van der Waals surface area contributed by atoms with Crippen molar-refractivity contribution in [2.45, 2.75) is 13.8 Å². The summed E-state index contributed by atoms with van der Waals surface area (Å²) in [6.07, 6.45) is 2.64. The molecule has 0 spiro atoms. The van der Waals surface area contributed by atoms with Gasteiger partial charge in [-0.3, -0.25) is 0 Å². The molecule has 0 aliphatic heterocycles. The molecule has 0 heterocycles. The summed E-state index contributed by atoms with van der Waals surface area (Å²) in [6, 6.07) is 5.44. The van der Waals surface area contributed by atoms with Crippen molar-refractivity contribution in [3.05, 3.63) is 29.3 Å². The predicted octanol–water partition coefficient (Wildman–Crippen LogP) is 1.61. The van der Waals surface area contributed by atoms with Crippen LogP contribution in [-0.4, -0.2) is 12.2 Å². The zero-order chi connectivity index (χ0) is 11.3. The molecule has 0 N–H and O–H groups in total. The molecule has 0 bridgehead atoms. The number of hydrogen-bond donors (Lipinski definition) is 0. The van der Waals surface area contributed by atoms with Crippen LogP contribution in [0.1, 0.15) is 11.1 Å². The van der Waals surface area contributed by atoms with Crippen molar-refractivity contribution in [2.24, 2.45) is 10.2 Å². The largest absolute Gasteiger partial charge is 0.260 e. The highest BCUT2D eigenvalue weighted by atomic mass is 16.1. The van der Waals surface area contributed by atoms with Crippen LogP contribution in [0.25, 0.3) is 0 Å². The van der Waals surface area contributed by atoms with Gasteiger partial charge in [0, 0.05) is 0 Å². The summed E-state index contributed by atoms with van der Waals surface area (Å²) in [6.45, 7) is 3.77. The fourth-order valence-electron chi connectivity index (χ4n) is 1.24. The fraction of sp³-hybridized carbons (Fsp3) is 0.200. The first-order chi connectivity index (χ1) is 7.19. The molecule has 1 rings (SSSR count). The molecule has 0 aliphatic rings. The lowest BCUT2D eigenvalue weighted by Crippen LogP contribution is -2.08. The van der Waals surface area contributed by atoms with E-state index >= 15 is 0 Å². The Morgan fingerprint density at radius 1 is 1.13 bits per heavy atom. The van der Waals surface area contributed by atoms with E-state index in [2.05, 4.69) is 10.2 Å². The van der Waals surface area contributed by atoms with E-state index in [1.54, 1.807) is 6.07 Å². The maximum absolute atomic E-state index is 10.1. The van der Waals surface area contributed by atoms with Gasteiger partial charge in [0.15, 0.2) is 0 Å². The van der Waals surface area contributed by atoms with E-state index in [0.29, 0.717) is 5.69 Å². The summed E-state index contributed by atoms with van der Waals surface area (Å²) < 4.78 is 0. The van der Waals surface area contributed by atoms with E-state index in [-0.39, 0.29) is 0 Å². The van der Waals surface area contributed by atoms with Gasteiger partial charge in [-0.1, -0.05) is 27.9 Å². The summed E-state index contributed by atoms with van der Waals surface area (Å²) in [7, 11) is 0. The Morgan fingerprint density at radius 3 is 2.20 bits per heavy atom. The number of isocyanates is 2. The minimum atomic E-state index is 0.548. The van der Waals surface area contributed by atoms with Crippen molar-refractivity contribution in [3.8, 4) is 0 Å². The van der Waals surface area contributed by atoms with Crippen LogP contribution < -0.4 is 5.12 Å². The Labute approximate surface area is 86.7 Å². The molecule has 5 nitrogen and oxygen atoms in total. The standard InChI is InChI=1S/C10H9N3O2/c1-8-3-4-10(9(2)5-8)13(11-6-14)12-7-15/h3-5H,1-2H3. The maximum atomic E-state index is 10.1. The zero-order valence-corrected chi connectivity index (χ0v) is 8.39. The van der Waals surface area contributed by atoms with Crippen LogP contribution in [0.3, 0.4) is 0 Å². The zero-order valence-electron chi connectivity index (χ0n) is 8.39. The third kappa shape index (κ3) is 2.61. The van der Waals surface area contributed by atoms with Gasteiger partial charge in [0.05, 0.1) is 5.69 Å². The number of benzene rings is 1. The van der Waals surface area contributed by atoms with Crippen molar-refractivity contribution >= 4 is 17.8 Å². The molecule has 76 valence electrons. The van der Waals surface area contributed by atoms with Gasteiger partial charge in [0.25, 0.3) is 12.2 Å². The van der Waals surface area contributed by atoms with Gasteiger partial charge in [-0.05, 0) is 25.5 Å². The molecular weight excluding hydrogens is 194 g/mol. The Bertz CT molecular complexity index is 440. The average molecular weight is 203 g/mol. The first-order valence-corrected chi connectivity index (χ1v) is 4.22. The lowest BCUT2D eigenvalue weighted by atomic mass is 10.1. The van der Waals surface area contributed by atoms with E-state index in [1.165, 1.54) is 12.2 Å². The summed E-state index contributed by atoms with van der Waals surface area (Å²) in [5.74, 6) is 0. The molecule has 0 unspecified atom stereocenters. The van der Waals surface area contributed by atoms with Crippen LogP contribution >= 0.6 is 0 Å². The molecule has 0 aromatic heterocycles. The van der Waals surface area contributed by atoms with Crippen LogP contribution in [0.5, 0.6) is 0 Å². The number of anilines is 1. The quantitative estimate of drug-likeness (QED) is 0.426. The highest BCUT2D eigenvalue weighted by molar-refractivity contribution is 5.56. The van der Waals surface area contributed by atoms with Gasteiger partial charge in [-0.15, -0.1) is 5.12 Å². The van der Waals surface area contributed by atoms with Crippen molar-refractivity contribution in [2.75, 3.05) is 5.12 Å². The number of aryl methyl sites for hydroxylation is 2. The smallest absolute Gasteiger partial charge is 0.209 e. The number of nitrogens with zero attached hydrogens (tertiary/aromatic N) is 3. The van der Waals surface area contributed by atoms with Gasteiger partial charge in [0.1, 0.15) is 0 Å². The highest BCUT2D eigenvalue weighted by Gasteiger charge is 2.06. The third-order valence-electron chi connectivity index (χ3n) is 1.84. The Morgan fingerprint density at radius 2 is 1.73 bits per heavy atom. The molecular formula is C10H9N3O2. The molecule has 15 heavy (non-hydrogen) atoms. The summed E-state index contributed by atoms with van der Waals surface area (Å²) in [5.41, 5.74) is 2.47. The van der Waals surface area contributed by atoms with Crippen LogP contribution in [-0.2, 0) is 9.59 Å². The van der Waals surface area contributed by atoms with Crippen LogP contribution in [0.15, 0.2) is 28.4 Å². The topological polar surface area (TPSA) is 62.1 Å². The number of carbonyl (C=O) groups excluding carboxylic acids is 2.